The average Bonchev–Trinajstić information content (AvgIpc) is 2.65. The largest absolute Gasteiger partial charge is 0.495 e. The van der Waals surface area contributed by atoms with Gasteiger partial charge in [0.25, 0.3) is 0 Å². The summed E-state index contributed by atoms with van der Waals surface area (Å²) in [5.41, 5.74) is 1.33. The number of rotatable bonds is 8. The van der Waals surface area contributed by atoms with Gasteiger partial charge in [-0.3, -0.25) is 4.79 Å². The van der Waals surface area contributed by atoms with Gasteiger partial charge in [-0.2, -0.15) is 0 Å². The number of methoxy groups -OCH3 is 2. The Labute approximate surface area is 158 Å². The van der Waals surface area contributed by atoms with E-state index in [1.165, 1.54) is 13.2 Å². The second-order valence-corrected chi connectivity index (χ2v) is 5.86. The lowest BCUT2D eigenvalue weighted by Gasteiger charge is -2.10. The molecule has 0 saturated heterocycles. The Morgan fingerprint density at radius 2 is 1.81 bits per heavy atom. The number of nitrogens with one attached hydrogen (secondary N) is 1. The van der Waals surface area contributed by atoms with Crippen LogP contribution >= 0.6 is 11.6 Å². The van der Waals surface area contributed by atoms with Crippen molar-refractivity contribution in [2.24, 2.45) is 0 Å². The molecule has 0 aliphatic heterocycles. The molecule has 0 saturated carbocycles. The Bertz CT molecular complexity index is 789. The molecule has 0 aliphatic carbocycles. The summed E-state index contributed by atoms with van der Waals surface area (Å²) in [6.45, 7) is 2.66. The number of benzene rings is 2. The highest BCUT2D eigenvalue weighted by Gasteiger charge is 2.07. The minimum Gasteiger partial charge on any atom is -0.495 e. The molecule has 2 rings (SSSR count). The maximum atomic E-state index is 12.2. The molecule has 0 fully saturated rings. The van der Waals surface area contributed by atoms with E-state index in [1.807, 2.05) is 25.1 Å². The van der Waals surface area contributed by atoms with Gasteiger partial charge in [-0.05, 0) is 48.4 Å². The number of anilines is 1. The fourth-order valence-electron chi connectivity index (χ4n) is 2.24. The molecular formula is C20H22ClNO4. The molecule has 0 spiro atoms. The zero-order chi connectivity index (χ0) is 18.9. The molecule has 0 unspecified atom stereocenters. The van der Waals surface area contributed by atoms with Gasteiger partial charge < -0.3 is 19.5 Å². The number of carbonyl (C=O) groups excluding carboxylic acids is 1. The van der Waals surface area contributed by atoms with Crippen LogP contribution < -0.4 is 19.5 Å². The van der Waals surface area contributed by atoms with Gasteiger partial charge in [0.15, 0.2) is 11.5 Å². The smallest absolute Gasteiger partial charge is 0.248 e. The highest BCUT2D eigenvalue weighted by atomic mass is 35.5. The van der Waals surface area contributed by atoms with Crippen molar-refractivity contribution >= 4 is 29.3 Å². The van der Waals surface area contributed by atoms with Crippen LogP contribution in [0.4, 0.5) is 5.69 Å². The van der Waals surface area contributed by atoms with Gasteiger partial charge in [-0.1, -0.05) is 24.6 Å². The maximum absolute atomic E-state index is 12.2. The van der Waals surface area contributed by atoms with Crippen LogP contribution in [0.3, 0.4) is 0 Å². The van der Waals surface area contributed by atoms with Crippen LogP contribution in [0, 0.1) is 0 Å². The van der Waals surface area contributed by atoms with Gasteiger partial charge in [0, 0.05) is 11.1 Å². The Morgan fingerprint density at radius 1 is 1.08 bits per heavy atom. The first-order valence-electron chi connectivity index (χ1n) is 8.20. The standard InChI is InChI=1S/C20H22ClNO4/c1-4-11-26-18-8-5-14(12-19(18)25-3)6-10-20(23)22-16-13-15(21)7-9-17(16)24-2/h5-10,12-13H,4,11H2,1-3H3,(H,22,23)/b10-6+. The van der Waals surface area contributed by atoms with Crippen LogP contribution in [0.15, 0.2) is 42.5 Å². The lowest BCUT2D eigenvalue weighted by Crippen LogP contribution is -2.08. The van der Waals surface area contributed by atoms with Gasteiger partial charge in [0.2, 0.25) is 5.91 Å². The van der Waals surface area contributed by atoms with Crippen molar-refractivity contribution in [3.05, 3.63) is 53.1 Å². The van der Waals surface area contributed by atoms with E-state index in [9.17, 15) is 4.79 Å². The first-order valence-corrected chi connectivity index (χ1v) is 8.58. The minimum absolute atomic E-state index is 0.296. The normalized spacial score (nSPS) is 10.6. The molecule has 0 aromatic heterocycles. The maximum Gasteiger partial charge on any atom is 0.248 e. The molecule has 0 atom stereocenters. The van der Waals surface area contributed by atoms with Crippen LogP contribution in [0.1, 0.15) is 18.9 Å². The van der Waals surface area contributed by atoms with Crippen LogP contribution in [-0.2, 0) is 4.79 Å². The number of hydrogen-bond acceptors (Lipinski definition) is 4. The summed E-state index contributed by atoms with van der Waals surface area (Å²) < 4.78 is 16.2. The number of halogens is 1. The molecule has 5 nitrogen and oxygen atoms in total. The van der Waals surface area contributed by atoms with Crippen molar-refractivity contribution in [3.63, 3.8) is 0 Å². The van der Waals surface area contributed by atoms with Crippen molar-refractivity contribution < 1.29 is 19.0 Å². The minimum atomic E-state index is -0.296. The molecule has 0 aliphatic rings. The molecule has 2 aromatic carbocycles. The summed E-state index contributed by atoms with van der Waals surface area (Å²) in [6, 6.07) is 10.5. The summed E-state index contributed by atoms with van der Waals surface area (Å²) >= 11 is 5.96. The van der Waals surface area contributed by atoms with Crippen molar-refractivity contribution in [2.75, 3.05) is 26.1 Å². The fraction of sp³-hybridized carbons (Fsp3) is 0.250. The molecule has 0 bridgehead atoms. The molecule has 2 aromatic rings. The Kier molecular flexibility index (Phi) is 7.36. The first kappa shape index (κ1) is 19.7. The summed E-state index contributed by atoms with van der Waals surface area (Å²) in [5.74, 6) is 1.54. The summed E-state index contributed by atoms with van der Waals surface area (Å²) in [4.78, 5) is 12.2. The Hall–Kier alpha value is -2.66. The zero-order valence-corrected chi connectivity index (χ0v) is 15.8. The van der Waals surface area contributed by atoms with Gasteiger partial charge >= 0.3 is 0 Å². The van der Waals surface area contributed by atoms with Gasteiger partial charge in [0.05, 0.1) is 26.5 Å². The third kappa shape index (κ3) is 5.43. The molecular weight excluding hydrogens is 354 g/mol. The zero-order valence-electron chi connectivity index (χ0n) is 15.0. The summed E-state index contributed by atoms with van der Waals surface area (Å²) in [5, 5.41) is 3.26. The van der Waals surface area contributed by atoms with E-state index in [1.54, 1.807) is 31.4 Å². The van der Waals surface area contributed by atoms with E-state index in [2.05, 4.69) is 5.32 Å². The van der Waals surface area contributed by atoms with Gasteiger partial charge in [0.1, 0.15) is 5.75 Å². The monoisotopic (exact) mass is 375 g/mol. The molecule has 26 heavy (non-hydrogen) atoms. The number of hydrogen-bond donors (Lipinski definition) is 1. The molecule has 6 heteroatoms. The van der Waals surface area contributed by atoms with Crippen molar-refractivity contribution in [1.29, 1.82) is 0 Å². The van der Waals surface area contributed by atoms with Gasteiger partial charge in [-0.15, -0.1) is 0 Å². The number of amides is 1. The van der Waals surface area contributed by atoms with Crippen molar-refractivity contribution in [1.82, 2.24) is 0 Å². The Morgan fingerprint density at radius 3 is 2.50 bits per heavy atom. The van der Waals surface area contributed by atoms with Crippen LogP contribution in [-0.4, -0.2) is 26.7 Å². The van der Waals surface area contributed by atoms with E-state index >= 15 is 0 Å². The number of carbonyl (C=O) groups is 1. The van der Waals surface area contributed by atoms with Gasteiger partial charge in [-0.25, -0.2) is 0 Å². The van der Waals surface area contributed by atoms with E-state index in [-0.39, 0.29) is 5.91 Å². The molecule has 0 radical (unpaired) electrons. The average molecular weight is 376 g/mol. The van der Waals surface area contributed by atoms with E-state index in [0.29, 0.717) is 34.6 Å². The molecule has 138 valence electrons. The third-order valence-electron chi connectivity index (χ3n) is 3.50. The van der Waals surface area contributed by atoms with Crippen LogP contribution in [0.25, 0.3) is 6.08 Å². The Balaban J connectivity index is 2.09. The van der Waals surface area contributed by atoms with Crippen molar-refractivity contribution in [3.8, 4) is 17.2 Å². The predicted molar refractivity (Wildman–Crippen MR) is 104 cm³/mol. The predicted octanol–water partition coefficient (Wildman–Crippen LogP) is 4.80. The summed E-state index contributed by atoms with van der Waals surface area (Å²) in [7, 11) is 3.11. The van der Waals surface area contributed by atoms with E-state index in [0.717, 1.165) is 12.0 Å². The van der Waals surface area contributed by atoms with Crippen LogP contribution in [0.2, 0.25) is 5.02 Å². The van der Waals surface area contributed by atoms with E-state index < -0.39 is 0 Å². The fourth-order valence-corrected chi connectivity index (χ4v) is 2.42. The third-order valence-corrected chi connectivity index (χ3v) is 3.73. The summed E-state index contributed by atoms with van der Waals surface area (Å²) in [6.07, 6.45) is 4.04. The first-order chi connectivity index (χ1) is 12.6. The molecule has 1 amide bonds. The lowest BCUT2D eigenvalue weighted by molar-refractivity contribution is -0.111. The SMILES string of the molecule is CCCOc1ccc(/C=C/C(=O)Nc2cc(Cl)ccc2OC)cc1OC. The number of ether oxygens (including phenoxy) is 3. The van der Waals surface area contributed by atoms with E-state index in [4.69, 9.17) is 25.8 Å². The highest BCUT2D eigenvalue weighted by Crippen LogP contribution is 2.29. The van der Waals surface area contributed by atoms with Crippen LogP contribution in [0.5, 0.6) is 17.2 Å². The molecule has 1 N–H and O–H groups in total. The van der Waals surface area contributed by atoms with Crippen molar-refractivity contribution in [2.45, 2.75) is 13.3 Å². The second-order valence-electron chi connectivity index (χ2n) is 5.43. The quantitative estimate of drug-likeness (QED) is 0.673. The second kappa shape index (κ2) is 9.73. The highest BCUT2D eigenvalue weighted by molar-refractivity contribution is 6.31. The lowest BCUT2D eigenvalue weighted by atomic mass is 10.2. The molecule has 0 heterocycles. The topological polar surface area (TPSA) is 56.8 Å².